The molecule has 1 rings (SSSR count). The zero-order valence-electron chi connectivity index (χ0n) is 4.81. The van der Waals surface area contributed by atoms with Crippen LogP contribution in [0.5, 0.6) is 11.5 Å². The Balaban J connectivity index is 3.31. The highest BCUT2D eigenvalue weighted by molar-refractivity contribution is 9.11. The van der Waals surface area contributed by atoms with Crippen molar-refractivity contribution in [3.8, 4) is 11.5 Å². The summed E-state index contributed by atoms with van der Waals surface area (Å²) in [5, 5.41) is 18.1. The lowest BCUT2D eigenvalue weighted by atomic mass is 10.3. The standard InChI is InChI=1S/C6H4Br2O2/c7-3-1-4(9)6(8)5(10)2-3/h1-2,9-10H. The van der Waals surface area contributed by atoms with E-state index >= 15 is 0 Å². The van der Waals surface area contributed by atoms with Crippen LogP contribution in [0.25, 0.3) is 0 Å². The second-order valence-electron chi connectivity index (χ2n) is 1.76. The number of benzene rings is 1. The maximum Gasteiger partial charge on any atom is 0.134 e. The first-order valence-corrected chi connectivity index (χ1v) is 4.07. The highest BCUT2D eigenvalue weighted by Crippen LogP contribution is 2.35. The van der Waals surface area contributed by atoms with Gasteiger partial charge in [0.05, 0.1) is 0 Å². The maximum atomic E-state index is 9.04. The van der Waals surface area contributed by atoms with E-state index in [1.165, 1.54) is 12.1 Å². The number of hydrogen-bond donors (Lipinski definition) is 2. The quantitative estimate of drug-likeness (QED) is 0.759. The van der Waals surface area contributed by atoms with Gasteiger partial charge in [0.2, 0.25) is 0 Å². The van der Waals surface area contributed by atoms with E-state index in [1.54, 1.807) is 0 Å². The number of phenolic OH excluding ortho intramolecular Hbond substituents is 2. The largest absolute Gasteiger partial charge is 0.507 e. The van der Waals surface area contributed by atoms with E-state index in [2.05, 4.69) is 31.9 Å². The molecule has 0 aromatic heterocycles. The Kier molecular flexibility index (Phi) is 2.21. The first-order chi connectivity index (χ1) is 4.61. The van der Waals surface area contributed by atoms with Crippen LogP contribution in [0.1, 0.15) is 0 Å². The summed E-state index contributed by atoms with van der Waals surface area (Å²) >= 11 is 6.10. The molecule has 4 heteroatoms. The van der Waals surface area contributed by atoms with Gasteiger partial charge in [0.1, 0.15) is 16.0 Å². The SMILES string of the molecule is Oc1cc(Br)cc(O)c1Br. The Bertz CT molecular complexity index is 237. The number of halogens is 2. The van der Waals surface area contributed by atoms with Gasteiger partial charge in [-0.1, -0.05) is 15.9 Å². The van der Waals surface area contributed by atoms with Gasteiger partial charge in [-0.2, -0.15) is 0 Å². The van der Waals surface area contributed by atoms with Crippen LogP contribution < -0.4 is 0 Å². The first kappa shape index (κ1) is 7.88. The van der Waals surface area contributed by atoms with Crippen LogP contribution in [0.15, 0.2) is 21.1 Å². The molecule has 0 radical (unpaired) electrons. The minimum Gasteiger partial charge on any atom is -0.507 e. The summed E-state index contributed by atoms with van der Waals surface area (Å²) in [5.74, 6) is 0.0405. The third-order valence-corrected chi connectivity index (χ3v) is 2.27. The molecule has 0 amide bonds. The van der Waals surface area contributed by atoms with Crippen molar-refractivity contribution in [1.29, 1.82) is 0 Å². The van der Waals surface area contributed by atoms with Gasteiger partial charge in [-0.05, 0) is 28.1 Å². The molecule has 0 fully saturated rings. The van der Waals surface area contributed by atoms with Gasteiger partial charge >= 0.3 is 0 Å². The van der Waals surface area contributed by atoms with Crippen LogP contribution in [-0.4, -0.2) is 10.2 Å². The summed E-state index contributed by atoms with van der Waals surface area (Å²) in [6, 6.07) is 2.98. The molecule has 0 atom stereocenters. The molecule has 0 aliphatic heterocycles. The first-order valence-electron chi connectivity index (χ1n) is 2.48. The molecule has 0 unspecified atom stereocenters. The third kappa shape index (κ3) is 1.44. The monoisotopic (exact) mass is 266 g/mol. The van der Waals surface area contributed by atoms with Gasteiger partial charge < -0.3 is 10.2 Å². The van der Waals surface area contributed by atoms with Crippen molar-refractivity contribution in [2.45, 2.75) is 0 Å². The fraction of sp³-hybridized carbons (Fsp3) is 0. The Morgan fingerprint density at radius 2 is 1.40 bits per heavy atom. The van der Waals surface area contributed by atoms with E-state index in [1.807, 2.05) is 0 Å². The van der Waals surface area contributed by atoms with Crippen LogP contribution in [0.2, 0.25) is 0 Å². The summed E-state index contributed by atoms with van der Waals surface area (Å²) < 4.78 is 0.960. The lowest BCUT2D eigenvalue weighted by Crippen LogP contribution is -1.71. The molecule has 1 aromatic rings. The minimum absolute atomic E-state index is 0.0203. The van der Waals surface area contributed by atoms with Crippen molar-refractivity contribution >= 4 is 31.9 Å². The van der Waals surface area contributed by atoms with Crippen molar-refractivity contribution in [3.63, 3.8) is 0 Å². The van der Waals surface area contributed by atoms with E-state index in [-0.39, 0.29) is 11.5 Å². The molecule has 10 heavy (non-hydrogen) atoms. The number of hydrogen-bond acceptors (Lipinski definition) is 2. The van der Waals surface area contributed by atoms with Crippen molar-refractivity contribution in [2.24, 2.45) is 0 Å². The summed E-state index contributed by atoms with van der Waals surface area (Å²) in [4.78, 5) is 0. The maximum absolute atomic E-state index is 9.04. The molecular weight excluding hydrogens is 264 g/mol. The predicted molar refractivity (Wildman–Crippen MR) is 45.2 cm³/mol. The van der Waals surface area contributed by atoms with Crippen LogP contribution >= 0.6 is 31.9 Å². The fourth-order valence-electron chi connectivity index (χ4n) is 0.561. The molecule has 54 valence electrons. The number of phenols is 2. The smallest absolute Gasteiger partial charge is 0.134 e. The van der Waals surface area contributed by atoms with Crippen LogP contribution in [-0.2, 0) is 0 Å². The third-order valence-electron chi connectivity index (χ3n) is 0.999. The van der Waals surface area contributed by atoms with E-state index in [9.17, 15) is 0 Å². The summed E-state index contributed by atoms with van der Waals surface area (Å²) in [7, 11) is 0. The lowest BCUT2D eigenvalue weighted by Gasteiger charge is -1.99. The minimum atomic E-state index is 0.0203. The highest BCUT2D eigenvalue weighted by atomic mass is 79.9. The second-order valence-corrected chi connectivity index (χ2v) is 3.47. The molecule has 0 saturated carbocycles. The normalized spacial score (nSPS) is 9.80. The fourth-order valence-corrected chi connectivity index (χ4v) is 1.22. The predicted octanol–water partition coefficient (Wildman–Crippen LogP) is 2.62. The molecular formula is C6H4Br2O2. The molecule has 0 saturated heterocycles. The molecule has 2 N–H and O–H groups in total. The van der Waals surface area contributed by atoms with Crippen molar-refractivity contribution < 1.29 is 10.2 Å². The lowest BCUT2D eigenvalue weighted by molar-refractivity contribution is 0.444. The van der Waals surface area contributed by atoms with Gasteiger partial charge in [0.15, 0.2) is 0 Å². The van der Waals surface area contributed by atoms with E-state index < -0.39 is 0 Å². The summed E-state index contributed by atoms with van der Waals surface area (Å²) in [6.45, 7) is 0. The van der Waals surface area contributed by atoms with Gasteiger partial charge in [0.25, 0.3) is 0 Å². The van der Waals surface area contributed by atoms with Crippen LogP contribution in [0, 0.1) is 0 Å². The van der Waals surface area contributed by atoms with Crippen molar-refractivity contribution in [2.75, 3.05) is 0 Å². The molecule has 0 spiro atoms. The van der Waals surface area contributed by atoms with E-state index in [0.717, 1.165) is 0 Å². The Morgan fingerprint density at radius 3 is 1.80 bits per heavy atom. The number of aromatic hydroxyl groups is 2. The molecule has 0 bridgehead atoms. The van der Waals surface area contributed by atoms with Gasteiger partial charge in [-0.15, -0.1) is 0 Å². The molecule has 1 aromatic carbocycles. The average molecular weight is 268 g/mol. The van der Waals surface area contributed by atoms with Gasteiger partial charge in [0, 0.05) is 4.47 Å². The summed E-state index contributed by atoms with van der Waals surface area (Å²) in [5.41, 5.74) is 0. The summed E-state index contributed by atoms with van der Waals surface area (Å²) in [6.07, 6.45) is 0. The Hall–Kier alpha value is -0.220. The molecule has 0 heterocycles. The van der Waals surface area contributed by atoms with Crippen molar-refractivity contribution in [3.05, 3.63) is 21.1 Å². The molecule has 0 aliphatic carbocycles. The van der Waals surface area contributed by atoms with Crippen molar-refractivity contribution in [1.82, 2.24) is 0 Å². The Morgan fingerprint density at radius 1 is 1.00 bits per heavy atom. The van der Waals surface area contributed by atoms with Crippen LogP contribution in [0.4, 0.5) is 0 Å². The van der Waals surface area contributed by atoms with Gasteiger partial charge in [-0.25, -0.2) is 0 Å². The van der Waals surface area contributed by atoms with E-state index in [4.69, 9.17) is 10.2 Å². The zero-order chi connectivity index (χ0) is 7.72. The molecule has 0 aliphatic rings. The zero-order valence-corrected chi connectivity index (χ0v) is 7.98. The van der Waals surface area contributed by atoms with E-state index in [0.29, 0.717) is 8.95 Å². The number of rotatable bonds is 0. The average Bonchev–Trinajstić information content (AvgIpc) is 1.82. The van der Waals surface area contributed by atoms with Gasteiger partial charge in [-0.3, -0.25) is 0 Å². The topological polar surface area (TPSA) is 40.5 Å². The Labute approximate surface area is 74.8 Å². The highest BCUT2D eigenvalue weighted by Gasteiger charge is 2.03. The second kappa shape index (κ2) is 2.80. The van der Waals surface area contributed by atoms with Crippen LogP contribution in [0.3, 0.4) is 0 Å². The molecule has 2 nitrogen and oxygen atoms in total.